The highest BCUT2D eigenvalue weighted by atomic mass is 16.7. The fourth-order valence-electron chi connectivity index (χ4n) is 3.06. The molecule has 3 heterocycles. The van der Waals surface area contributed by atoms with Gasteiger partial charge in [-0.05, 0) is 53.1 Å². The van der Waals surface area contributed by atoms with Gasteiger partial charge >= 0.3 is 7.12 Å². The smallest absolute Gasteiger partial charge is 0.400 e. The molecule has 0 unspecified atom stereocenters. The van der Waals surface area contributed by atoms with Gasteiger partial charge in [0.2, 0.25) is 0 Å². The van der Waals surface area contributed by atoms with Gasteiger partial charge in [-0.2, -0.15) is 0 Å². The van der Waals surface area contributed by atoms with Gasteiger partial charge in [0.05, 0.1) is 23.4 Å². The summed E-state index contributed by atoms with van der Waals surface area (Å²) in [5.41, 5.74) is 0.529. The maximum Gasteiger partial charge on any atom is 0.492 e. The van der Waals surface area contributed by atoms with Crippen molar-refractivity contribution in [2.75, 3.05) is 26.7 Å². The van der Waals surface area contributed by atoms with Crippen LogP contribution in [0.15, 0.2) is 11.5 Å². The van der Waals surface area contributed by atoms with E-state index in [0.717, 1.165) is 31.4 Å². The van der Waals surface area contributed by atoms with Gasteiger partial charge in [-0.3, -0.25) is 0 Å². The molecule has 0 aromatic heterocycles. The largest absolute Gasteiger partial charge is 0.492 e. The number of rotatable bonds is 1. The Labute approximate surface area is 122 Å². The molecule has 0 aromatic rings. The minimum atomic E-state index is -0.277. The zero-order valence-corrected chi connectivity index (χ0v) is 13.4. The van der Waals surface area contributed by atoms with E-state index in [0.29, 0.717) is 6.61 Å². The average molecular weight is 279 g/mol. The molecule has 112 valence electrons. The third-order valence-electron chi connectivity index (χ3n) is 5.36. The molecule has 0 radical (unpaired) electrons. The lowest BCUT2D eigenvalue weighted by atomic mass is 9.76. The summed E-state index contributed by atoms with van der Waals surface area (Å²) in [5, 5.41) is 0. The molecule has 0 N–H and O–H groups in total. The number of piperidine rings is 1. The molecule has 3 rings (SSSR count). The first kappa shape index (κ1) is 14.6. The Morgan fingerprint density at radius 3 is 2.15 bits per heavy atom. The summed E-state index contributed by atoms with van der Waals surface area (Å²) >= 11 is 0. The Bertz CT molecular complexity index is 409. The van der Waals surface area contributed by atoms with Crippen LogP contribution in [0.25, 0.3) is 0 Å². The van der Waals surface area contributed by atoms with Crippen LogP contribution in [-0.2, 0) is 14.0 Å². The van der Waals surface area contributed by atoms with Crippen molar-refractivity contribution in [2.24, 2.45) is 0 Å². The summed E-state index contributed by atoms with van der Waals surface area (Å²) in [6, 6.07) is 0. The first-order valence-corrected chi connectivity index (χ1v) is 7.63. The highest BCUT2D eigenvalue weighted by Crippen LogP contribution is 2.41. The number of nitrogens with zero attached hydrogens (tertiary/aromatic N) is 1. The Morgan fingerprint density at radius 1 is 1.05 bits per heavy atom. The summed E-state index contributed by atoms with van der Waals surface area (Å²) < 4.78 is 18.4. The van der Waals surface area contributed by atoms with Crippen LogP contribution in [-0.4, -0.2) is 55.6 Å². The quantitative estimate of drug-likeness (QED) is 0.687. The fourth-order valence-corrected chi connectivity index (χ4v) is 3.06. The highest BCUT2D eigenvalue weighted by Gasteiger charge is 2.54. The van der Waals surface area contributed by atoms with Gasteiger partial charge in [0.1, 0.15) is 0 Å². The fraction of sp³-hybridized carbons (Fsp3) is 0.867. The van der Waals surface area contributed by atoms with Gasteiger partial charge in [-0.15, -0.1) is 0 Å². The molecule has 0 saturated carbocycles. The maximum atomic E-state index is 6.12. The van der Waals surface area contributed by atoms with Crippen molar-refractivity contribution in [1.29, 1.82) is 0 Å². The second-order valence-electron chi connectivity index (χ2n) is 7.46. The number of likely N-dealkylation sites (tertiary alicyclic amines) is 1. The monoisotopic (exact) mass is 279 g/mol. The Kier molecular flexibility index (Phi) is 3.33. The molecule has 0 bridgehead atoms. The molecule has 2 fully saturated rings. The summed E-state index contributed by atoms with van der Waals surface area (Å²) in [7, 11) is 1.92. The van der Waals surface area contributed by atoms with Crippen LogP contribution in [0.4, 0.5) is 0 Å². The van der Waals surface area contributed by atoms with E-state index in [1.807, 2.05) is 0 Å². The summed E-state index contributed by atoms with van der Waals surface area (Å²) in [4.78, 5) is 2.36. The third kappa shape index (κ3) is 2.35. The SMILES string of the molecule is CN1CCC2(C=C(B3OC(C)(C)C(C)(C)O3)CO2)CC1. The van der Waals surface area contributed by atoms with Gasteiger partial charge in [-0.1, -0.05) is 6.08 Å². The van der Waals surface area contributed by atoms with E-state index < -0.39 is 0 Å². The summed E-state index contributed by atoms with van der Waals surface area (Å²) in [5.74, 6) is 0. The van der Waals surface area contributed by atoms with E-state index >= 15 is 0 Å². The highest BCUT2D eigenvalue weighted by molar-refractivity contribution is 6.54. The molecule has 4 nitrogen and oxygen atoms in total. The summed E-state index contributed by atoms with van der Waals surface area (Å²) in [6.45, 7) is 11.2. The topological polar surface area (TPSA) is 30.9 Å². The van der Waals surface area contributed by atoms with Crippen molar-refractivity contribution in [3.8, 4) is 0 Å². The Morgan fingerprint density at radius 2 is 1.60 bits per heavy atom. The number of ether oxygens (including phenoxy) is 1. The molecule has 20 heavy (non-hydrogen) atoms. The lowest BCUT2D eigenvalue weighted by Crippen LogP contribution is -2.41. The van der Waals surface area contributed by atoms with Gasteiger partial charge in [0, 0.05) is 13.1 Å². The lowest BCUT2D eigenvalue weighted by Gasteiger charge is -2.35. The Balaban J connectivity index is 1.74. The van der Waals surface area contributed by atoms with Gasteiger partial charge in [0.15, 0.2) is 0 Å². The van der Waals surface area contributed by atoms with Crippen molar-refractivity contribution in [2.45, 2.75) is 57.3 Å². The van der Waals surface area contributed by atoms with Crippen LogP contribution < -0.4 is 0 Å². The maximum absolute atomic E-state index is 6.12. The molecule has 5 heteroatoms. The molecule has 3 aliphatic heterocycles. The van der Waals surface area contributed by atoms with E-state index in [-0.39, 0.29) is 23.9 Å². The van der Waals surface area contributed by atoms with Crippen molar-refractivity contribution in [1.82, 2.24) is 4.90 Å². The zero-order valence-electron chi connectivity index (χ0n) is 13.4. The normalized spacial score (nSPS) is 31.9. The third-order valence-corrected chi connectivity index (χ3v) is 5.36. The van der Waals surface area contributed by atoms with Crippen molar-refractivity contribution < 1.29 is 14.0 Å². The van der Waals surface area contributed by atoms with Gasteiger partial charge < -0.3 is 18.9 Å². The molecule has 0 atom stereocenters. The number of hydrogen-bond acceptors (Lipinski definition) is 4. The Hall–Kier alpha value is -0.355. The molecule has 1 spiro atoms. The van der Waals surface area contributed by atoms with E-state index in [2.05, 4.69) is 45.7 Å². The van der Waals surface area contributed by atoms with E-state index in [4.69, 9.17) is 14.0 Å². The molecular formula is C15H26BNO3. The predicted octanol–water partition coefficient (Wildman–Crippen LogP) is 2.04. The van der Waals surface area contributed by atoms with Crippen molar-refractivity contribution in [3.05, 3.63) is 11.5 Å². The number of hydrogen-bond donors (Lipinski definition) is 0. The molecule has 0 aromatic carbocycles. The summed E-state index contributed by atoms with van der Waals surface area (Å²) in [6.07, 6.45) is 4.40. The predicted molar refractivity (Wildman–Crippen MR) is 79.6 cm³/mol. The second-order valence-corrected chi connectivity index (χ2v) is 7.46. The minimum absolute atomic E-state index is 0.0779. The van der Waals surface area contributed by atoms with Crippen LogP contribution in [0.1, 0.15) is 40.5 Å². The van der Waals surface area contributed by atoms with E-state index in [1.54, 1.807) is 0 Å². The van der Waals surface area contributed by atoms with Crippen LogP contribution >= 0.6 is 0 Å². The first-order chi connectivity index (χ1) is 9.23. The second kappa shape index (κ2) is 4.57. The molecule has 2 saturated heterocycles. The standard InChI is InChI=1S/C15H26BNO3/c1-13(2)14(3,4)20-16(19-13)12-10-15(18-11-12)6-8-17(5)9-7-15/h10H,6-9,11H2,1-5H3. The molecule has 0 amide bonds. The molecular weight excluding hydrogens is 253 g/mol. The van der Waals surface area contributed by atoms with Crippen LogP contribution in [0, 0.1) is 0 Å². The van der Waals surface area contributed by atoms with Crippen molar-refractivity contribution >= 4 is 7.12 Å². The lowest BCUT2D eigenvalue weighted by molar-refractivity contribution is -0.0192. The van der Waals surface area contributed by atoms with E-state index in [1.165, 1.54) is 0 Å². The van der Waals surface area contributed by atoms with Crippen LogP contribution in [0.5, 0.6) is 0 Å². The van der Waals surface area contributed by atoms with Gasteiger partial charge in [0.25, 0.3) is 0 Å². The molecule has 3 aliphatic rings. The zero-order chi connectivity index (χ0) is 14.6. The van der Waals surface area contributed by atoms with Gasteiger partial charge in [-0.25, -0.2) is 0 Å². The van der Waals surface area contributed by atoms with Crippen molar-refractivity contribution in [3.63, 3.8) is 0 Å². The first-order valence-electron chi connectivity index (χ1n) is 7.63. The average Bonchev–Trinajstić information content (AvgIpc) is 2.84. The minimum Gasteiger partial charge on any atom is -0.400 e. The van der Waals surface area contributed by atoms with Crippen LogP contribution in [0.3, 0.4) is 0 Å². The molecule has 0 aliphatic carbocycles. The van der Waals surface area contributed by atoms with Crippen LogP contribution in [0.2, 0.25) is 0 Å². The van der Waals surface area contributed by atoms with E-state index in [9.17, 15) is 0 Å².